The molecule has 6 rings (SSSR count). The molecule has 3 nitrogen and oxygen atoms in total. The monoisotopic (exact) mass is 440 g/mol. The fourth-order valence-corrected chi connectivity index (χ4v) is 9.89. The number of rotatable bonds is 1. The second-order valence-electron chi connectivity index (χ2n) is 13.7. The second kappa shape index (κ2) is 7.82. The van der Waals surface area contributed by atoms with E-state index in [1.807, 2.05) is 5.57 Å². The van der Waals surface area contributed by atoms with Crippen LogP contribution in [0.3, 0.4) is 0 Å². The van der Waals surface area contributed by atoms with Crippen LogP contribution in [0.15, 0.2) is 11.1 Å². The highest BCUT2D eigenvalue weighted by molar-refractivity contribution is 5.28. The van der Waals surface area contributed by atoms with Crippen LogP contribution in [0.25, 0.3) is 0 Å². The van der Waals surface area contributed by atoms with Gasteiger partial charge in [0.15, 0.2) is 0 Å². The molecule has 5 fully saturated rings. The molecule has 2 heterocycles. The summed E-state index contributed by atoms with van der Waals surface area (Å²) in [5.41, 5.74) is 4.35. The standard InChI is InChI=1S/C29H48N2O/c1-18-12-27-26(30-17-18)16-29(32-27)11-9-22-23-7-6-20-13-21(31(4)5)8-10-28(20,3)25(23)14-24(22)19(2)15-29/h18,20-23,25-27,30H,6-17H2,1-5H3/t18-,20+,21+,22-,23?,25-,26-,27+,28-,29-/m0/s1. The highest BCUT2D eigenvalue weighted by atomic mass is 16.5. The highest BCUT2D eigenvalue weighted by Gasteiger charge is 2.57. The Balaban J connectivity index is 1.22. The maximum absolute atomic E-state index is 6.95. The first-order valence-electron chi connectivity index (χ1n) is 14.0. The van der Waals surface area contributed by atoms with Gasteiger partial charge in [-0.15, -0.1) is 0 Å². The van der Waals surface area contributed by atoms with Gasteiger partial charge in [0.25, 0.3) is 0 Å². The quantitative estimate of drug-likeness (QED) is 0.522. The van der Waals surface area contributed by atoms with Crippen LogP contribution in [-0.2, 0) is 4.74 Å². The molecule has 3 saturated carbocycles. The Bertz CT molecular complexity index is 775. The zero-order chi connectivity index (χ0) is 22.3. The summed E-state index contributed by atoms with van der Waals surface area (Å²) in [6, 6.07) is 1.42. The average molecular weight is 441 g/mol. The summed E-state index contributed by atoms with van der Waals surface area (Å²) in [5.74, 6) is 4.47. The third kappa shape index (κ3) is 3.39. The third-order valence-corrected chi connectivity index (χ3v) is 11.7. The van der Waals surface area contributed by atoms with E-state index in [2.05, 4.69) is 45.1 Å². The lowest BCUT2D eigenvalue weighted by molar-refractivity contribution is -0.0670. The molecule has 4 aliphatic carbocycles. The van der Waals surface area contributed by atoms with Crippen molar-refractivity contribution in [2.75, 3.05) is 20.6 Å². The molecule has 32 heavy (non-hydrogen) atoms. The van der Waals surface area contributed by atoms with Crippen molar-refractivity contribution in [3.05, 3.63) is 11.1 Å². The van der Waals surface area contributed by atoms with Crippen LogP contribution in [0.2, 0.25) is 0 Å². The summed E-state index contributed by atoms with van der Waals surface area (Å²) < 4.78 is 6.95. The van der Waals surface area contributed by atoms with Crippen LogP contribution >= 0.6 is 0 Å². The van der Waals surface area contributed by atoms with Crippen molar-refractivity contribution in [1.82, 2.24) is 10.2 Å². The Morgan fingerprint density at radius 1 is 1.06 bits per heavy atom. The lowest BCUT2D eigenvalue weighted by Crippen LogP contribution is -2.49. The molecule has 0 amide bonds. The summed E-state index contributed by atoms with van der Waals surface area (Å²) in [6.07, 6.45) is 15.6. The number of hydrogen-bond donors (Lipinski definition) is 1. The molecule has 1 N–H and O–H groups in total. The Morgan fingerprint density at radius 2 is 1.91 bits per heavy atom. The normalized spacial score (nSPS) is 53.1. The van der Waals surface area contributed by atoms with Crippen molar-refractivity contribution in [2.24, 2.45) is 35.0 Å². The van der Waals surface area contributed by atoms with Crippen LogP contribution in [-0.4, -0.2) is 49.3 Å². The van der Waals surface area contributed by atoms with Crippen LogP contribution in [0, 0.1) is 35.0 Å². The molecule has 0 aromatic carbocycles. The van der Waals surface area contributed by atoms with Crippen molar-refractivity contribution in [2.45, 2.75) is 115 Å². The van der Waals surface area contributed by atoms with E-state index in [1.54, 1.807) is 5.57 Å². The van der Waals surface area contributed by atoms with Gasteiger partial charge in [-0.1, -0.05) is 25.0 Å². The van der Waals surface area contributed by atoms with E-state index in [1.165, 1.54) is 77.2 Å². The minimum Gasteiger partial charge on any atom is -0.370 e. The molecule has 0 bridgehead atoms. The molecular weight excluding hydrogens is 392 g/mol. The van der Waals surface area contributed by atoms with Gasteiger partial charge in [0, 0.05) is 12.1 Å². The number of piperidine rings is 1. The first-order chi connectivity index (χ1) is 15.3. The van der Waals surface area contributed by atoms with Gasteiger partial charge in [0.05, 0.1) is 11.7 Å². The molecule has 0 aromatic rings. The van der Waals surface area contributed by atoms with Crippen LogP contribution in [0.1, 0.15) is 91.4 Å². The molecule has 0 radical (unpaired) electrons. The number of ether oxygens (including phenoxy) is 1. The van der Waals surface area contributed by atoms with Gasteiger partial charge in [-0.05, 0) is 133 Å². The molecular formula is C29H48N2O. The predicted octanol–water partition coefficient (Wildman–Crippen LogP) is 5.80. The average Bonchev–Trinajstić information content (AvgIpc) is 3.26. The largest absolute Gasteiger partial charge is 0.370 e. The van der Waals surface area contributed by atoms with Crippen molar-refractivity contribution in [1.29, 1.82) is 0 Å². The molecule has 3 heteroatoms. The summed E-state index contributed by atoms with van der Waals surface area (Å²) in [4.78, 5) is 2.51. The molecule has 2 saturated heterocycles. The van der Waals surface area contributed by atoms with E-state index in [9.17, 15) is 0 Å². The second-order valence-corrected chi connectivity index (χ2v) is 13.7. The third-order valence-electron chi connectivity index (χ3n) is 11.7. The van der Waals surface area contributed by atoms with Gasteiger partial charge < -0.3 is 15.0 Å². The number of allylic oxidation sites excluding steroid dienone is 1. The maximum atomic E-state index is 6.95. The first-order valence-corrected chi connectivity index (χ1v) is 14.0. The number of nitrogens with one attached hydrogen (secondary N) is 1. The van der Waals surface area contributed by atoms with Gasteiger partial charge in [0.2, 0.25) is 0 Å². The SMILES string of the molecule is CC1=C2C[C@H]3C(CC[C@@H]4C[C@H](N(C)C)CC[C@@]43C)[C@@H]2CC[C@]2(C1)C[C@@H]1NC[C@@H](C)C[C@H]1O2. The minimum absolute atomic E-state index is 0.133. The number of fused-ring (bicyclic) bond motifs is 6. The summed E-state index contributed by atoms with van der Waals surface area (Å²) >= 11 is 0. The minimum atomic E-state index is 0.133. The molecule has 1 unspecified atom stereocenters. The van der Waals surface area contributed by atoms with Crippen LogP contribution in [0.5, 0.6) is 0 Å². The first kappa shape index (κ1) is 22.1. The van der Waals surface area contributed by atoms with E-state index >= 15 is 0 Å². The molecule has 2 aliphatic heterocycles. The van der Waals surface area contributed by atoms with E-state index in [4.69, 9.17) is 4.74 Å². The molecule has 10 atom stereocenters. The Hall–Kier alpha value is -0.380. The van der Waals surface area contributed by atoms with Gasteiger partial charge in [-0.3, -0.25) is 0 Å². The highest BCUT2D eigenvalue weighted by Crippen LogP contribution is 2.65. The van der Waals surface area contributed by atoms with Gasteiger partial charge >= 0.3 is 0 Å². The number of hydrogen-bond acceptors (Lipinski definition) is 3. The van der Waals surface area contributed by atoms with Crippen LogP contribution < -0.4 is 5.32 Å². The Labute approximate surface area is 197 Å². The van der Waals surface area contributed by atoms with Gasteiger partial charge in [-0.25, -0.2) is 0 Å². The molecule has 6 aliphatic rings. The Kier molecular flexibility index (Phi) is 5.40. The topological polar surface area (TPSA) is 24.5 Å². The van der Waals surface area contributed by atoms with Crippen molar-refractivity contribution >= 4 is 0 Å². The lowest BCUT2D eigenvalue weighted by Gasteiger charge is -2.55. The summed E-state index contributed by atoms with van der Waals surface area (Å²) in [7, 11) is 4.60. The van der Waals surface area contributed by atoms with Gasteiger partial charge in [0.1, 0.15) is 0 Å². The molecule has 0 aromatic heterocycles. The predicted molar refractivity (Wildman–Crippen MR) is 132 cm³/mol. The zero-order valence-corrected chi connectivity index (χ0v) is 21.5. The molecule has 180 valence electrons. The lowest BCUT2D eigenvalue weighted by atomic mass is 9.52. The Morgan fingerprint density at radius 3 is 2.72 bits per heavy atom. The van der Waals surface area contributed by atoms with Crippen molar-refractivity contribution in [3.63, 3.8) is 0 Å². The maximum Gasteiger partial charge on any atom is 0.0740 e. The summed E-state index contributed by atoms with van der Waals surface area (Å²) in [6.45, 7) is 8.77. The number of nitrogens with zero attached hydrogens (tertiary/aromatic N) is 1. The van der Waals surface area contributed by atoms with Crippen molar-refractivity contribution in [3.8, 4) is 0 Å². The van der Waals surface area contributed by atoms with E-state index in [-0.39, 0.29) is 5.60 Å². The van der Waals surface area contributed by atoms with Crippen molar-refractivity contribution < 1.29 is 4.74 Å². The zero-order valence-electron chi connectivity index (χ0n) is 21.5. The van der Waals surface area contributed by atoms with E-state index in [0.717, 1.165) is 35.6 Å². The van der Waals surface area contributed by atoms with Crippen LogP contribution in [0.4, 0.5) is 0 Å². The fraction of sp³-hybridized carbons (Fsp3) is 0.931. The summed E-state index contributed by atoms with van der Waals surface area (Å²) in [5, 5.41) is 3.84. The van der Waals surface area contributed by atoms with E-state index in [0.29, 0.717) is 17.6 Å². The smallest absolute Gasteiger partial charge is 0.0740 e. The van der Waals surface area contributed by atoms with E-state index < -0.39 is 0 Å². The van der Waals surface area contributed by atoms with Gasteiger partial charge in [-0.2, -0.15) is 0 Å². The fourth-order valence-electron chi connectivity index (χ4n) is 9.89. The molecule has 1 spiro atoms.